The summed E-state index contributed by atoms with van der Waals surface area (Å²) in [7, 11) is -3.07. The molecule has 6 nitrogen and oxygen atoms in total. The molecule has 0 saturated carbocycles. The van der Waals surface area contributed by atoms with Gasteiger partial charge < -0.3 is 4.74 Å². The highest BCUT2D eigenvalue weighted by molar-refractivity contribution is 7.89. The predicted molar refractivity (Wildman–Crippen MR) is 69.8 cm³/mol. The number of pyridine rings is 1. The van der Waals surface area contributed by atoms with E-state index < -0.39 is 32.9 Å². The maximum Gasteiger partial charge on any atom is 0.323 e. The summed E-state index contributed by atoms with van der Waals surface area (Å²) in [6.07, 6.45) is 1.40. The number of esters is 1. The first-order valence-corrected chi connectivity index (χ1v) is 7.47. The molecule has 112 valence electrons. The third kappa shape index (κ3) is 4.24. The summed E-state index contributed by atoms with van der Waals surface area (Å²) in [6.45, 7) is 3.65. The summed E-state index contributed by atoms with van der Waals surface area (Å²) in [5.41, 5.74) is 0. The van der Waals surface area contributed by atoms with Crippen molar-refractivity contribution < 1.29 is 22.3 Å². The van der Waals surface area contributed by atoms with Crippen LogP contribution in [0.5, 0.6) is 0 Å². The Morgan fingerprint density at radius 2 is 2.15 bits per heavy atom. The van der Waals surface area contributed by atoms with Crippen LogP contribution in [0, 0.1) is 11.7 Å². The monoisotopic (exact) mass is 304 g/mol. The lowest BCUT2D eigenvalue weighted by molar-refractivity contribution is -0.143. The summed E-state index contributed by atoms with van der Waals surface area (Å²) >= 11 is 0. The Hall–Kier alpha value is -1.54. The molecule has 1 heterocycles. The second-order valence-electron chi connectivity index (χ2n) is 4.62. The van der Waals surface area contributed by atoms with Gasteiger partial charge in [-0.15, -0.1) is 0 Å². The summed E-state index contributed by atoms with van der Waals surface area (Å²) < 4.78 is 44.2. The van der Waals surface area contributed by atoms with Gasteiger partial charge in [0.15, 0.2) is 5.82 Å². The highest BCUT2D eigenvalue weighted by Crippen LogP contribution is 2.13. The molecule has 0 saturated heterocycles. The van der Waals surface area contributed by atoms with E-state index in [1.165, 1.54) is 6.07 Å². The number of hydrogen-bond acceptors (Lipinski definition) is 5. The van der Waals surface area contributed by atoms with E-state index in [0.717, 1.165) is 19.4 Å². The molecule has 0 amide bonds. The highest BCUT2D eigenvalue weighted by atomic mass is 32.2. The Balaban J connectivity index is 3.03. The molecular weight excluding hydrogens is 287 g/mol. The quantitative estimate of drug-likeness (QED) is 0.795. The summed E-state index contributed by atoms with van der Waals surface area (Å²) in [5.74, 6) is -1.65. The number of methoxy groups -OCH3 is 1. The van der Waals surface area contributed by atoms with Crippen molar-refractivity contribution in [3.8, 4) is 0 Å². The maximum absolute atomic E-state index is 13.5. The molecule has 0 aliphatic heterocycles. The van der Waals surface area contributed by atoms with E-state index in [1.807, 2.05) is 13.8 Å². The highest BCUT2D eigenvalue weighted by Gasteiger charge is 2.29. The number of carbonyl (C=O) groups is 1. The van der Waals surface area contributed by atoms with Crippen LogP contribution in [0.15, 0.2) is 23.4 Å². The van der Waals surface area contributed by atoms with E-state index in [2.05, 4.69) is 14.4 Å². The Morgan fingerprint density at radius 3 is 2.65 bits per heavy atom. The zero-order valence-electron chi connectivity index (χ0n) is 11.5. The van der Waals surface area contributed by atoms with Gasteiger partial charge in [-0.2, -0.15) is 4.72 Å². The van der Waals surface area contributed by atoms with Crippen LogP contribution in [0.4, 0.5) is 4.39 Å². The average molecular weight is 304 g/mol. The van der Waals surface area contributed by atoms with E-state index in [-0.39, 0.29) is 12.3 Å². The Bertz CT molecular complexity index is 575. The molecule has 1 aromatic heterocycles. The van der Waals surface area contributed by atoms with Crippen LogP contribution in [0.3, 0.4) is 0 Å². The molecule has 0 radical (unpaired) electrons. The minimum absolute atomic E-state index is 0.0513. The lowest BCUT2D eigenvalue weighted by atomic mass is 10.1. The third-order valence-electron chi connectivity index (χ3n) is 2.47. The van der Waals surface area contributed by atoms with Crippen molar-refractivity contribution >= 4 is 16.0 Å². The SMILES string of the molecule is COC(=O)C(CC(C)C)NS(=O)(=O)c1ncccc1F. The van der Waals surface area contributed by atoms with Crippen LogP contribution in [0.1, 0.15) is 20.3 Å². The Labute approximate surface area is 117 Å². The van der Waals surface area contributed by atoms with Crippen molar-refractivity contribution in [1.82, 2.24) is 9.71 Å². The minimum Gasteiger partial charge on any atom is -0.468 e. The zero-order chi connectivity index (χ0) is 15.3. The fourth-order valence-electron chi connectivity index (χ4n) is 1.62. The van der Waals surface area contributed by atoms with Gasteiger partial charge in [0.25, 0.3) is 10.0 Å². The maximum atomic E-state index is 13.5. The Morgan fingerprint density at radius 1 is 1.50 bits per heavy atom. The molecule has 1 atom stereocenters. The second-order valence-corrected chi connectivity index (χ2v) is 6.25. The van der Waals surface area contributed by atoms with Crippen LogP contribution >= 0.6 is 0 Å². The number of sulfonamides is 1. The second kappa shape index (κ2) is 6.76. The topological polar surface area (TPSA) is 85.4 Å². The molecule has 0 aliphatic rings. The number of nitrogens with zero attached hydrogens (tertiary/aromatic N) is 1. The van der Waals surface area contributed by atoms with Crippen LogP contribution in [-0.2, 0) is 19.6 Å². The van der Waals surface area contributed by atoms with Gasteiger partial charge in [0, 0.05) is 6.20 Å². The molecule has 1 unspecified atom stereocenters. The van der Waals surface area contributed by atoms with Crippen molar-refractivity contribution in [2.75, 3.05) is 7.11 Å². The van der Waals surface area contributed by atoms with Crippen molar-refractivity contribution in [3.63, 3.8) is 0 Å². The van der Waals surface area contributed by atoms with Gasteiger partial charge in [-0.05, 0) is 24.5 Å². The van der Waals surface area contributed by atoms with Gasteiger partial charge in [0.05, 0.1) is 7.11 Å². The summed E-state index contributed by atoms with van der Waals surface area (Å²) in [4.78, 5) is 15.1. The standard InChI is InChI=1S/C12H17FN2O4S/c1-8(2)7-10(12(16)19-3)15-20(17,18)11-9(13)5-4-6-14-11/h4-6,8,10,15H,7H2,1-3H3. The number of carbonyl (C=O) groups excluding carboxylic acids is 1. The number of nitrogens with one attached hydrogen (secondary N) is 1. The zero-order valence-corrected chi connectivity index (χ0v) is 12.3. The van der Waals surface area contributed by atoms with E-state index >= 15 is 0 Å². The lowest BCUT2D eigenvalue weighted by Gasteiger charge is -2.18. The van der Waals surface area contributed by atoms with Crippen molar-refractivity contribution in [1.29, 1.82) is 0 Å². The lowest BCUT2D eigenvalue weighted by Crippen LogP contribution is -2.42. The summed E-state index contributed by atoms with van der Waals surface area (Å²) in [5, 5.41) is -0.738. The Kier molecular flexibility index (Phi) is 5.58. The number of hydrogen-bond donors (Lipinski definition) is 1. The normalized spacial score (nSPS) is 13.2. The molecule has 0 fully saturated rings. The number of ether oxygens (including phenoxy) is 1. The number of aromatic nitrogens is 1. The average Bonchev–Trinajstić information content (AvgIpc) is 2.36. The fourth-order valence-corrected chi connectivity index (χ4v) is 2.82. The van der Waals surface area contributed by atoms with Crippen LogP contribution in [0.2, 0.25) is 0 Å². The molecule has 1 N–H and O–H groups in total. The minimum atomic E-state index is -4.23. The van der Waals surface area contributed by atoms with Gasteiger partial charge in [-0.3, -0.25) is 4.79 Å². The molecule has 0 aromatic carbocycles. The van der Waals surface area contributed by atoms with E-state index in [0.29, 0.717) is 0 Å². The first-order chi connectivity index (χ1) is 9.27. The smallest absolute Gasteiger partial charge is 0.323 e. The molecule has 8 heteroatoms. The van der Waals surface area contributed by atoms with Crippen molar-refractivity contribution in [2.45, 2.75) is 31.3 Å². The fraction of sp³-hybridized carbons (Fsp3) is 0.500. The van der Waals surface area contributed by atoms with Crippen molar-refractivity contribution in [2.24, 2.45) is 5.92 Å². The number of rotatable bonds is 6. The molecule has 20 heavy (non-hydrogen) atoms. The predicted octanol–water partition coefficient (Wildman–Crippen LogP) is 1.09. The van der Waals surface area contributed by atoms with Gasteiger partial charge in [-0.1, -0.05) is 13.8 Å². The van der Waals surface area contributed by atoms with E-state index in [9.17, 15) is 17.6 Å². The number of halogens is 1. The summed E-state index contributed by atoms with van der Waals surface area (Å²) in [6, 6.07) is 1.18. The van der Waals surface area contributed by atoms with Gasteiger partial charge in [0.1, 0.15) is 6.04 Å². The first-order valence-electron chi connectivity index (χ1n) is 5.98. The van der Waals surface area contributed by atoms with Crippen LogP contribution in [-0.4, -0.2) is 32.5 Å². The third-order valence-corrected chi connectivity index (χ3v) is 3.87. The molecular formula is C12H17FN2O4S. The molecule has 1 aromatic rings. The largest absolute Gasteiger partial charge is 0.468 e. The molecule has 1 rings (SSSR count). The van der Waals surface area contributed by atoms with Gasteiger partial charge in [0.2, 0.25) is 5.03 Å². The van der Waals surface area contributed by atoms with Crippen LogP contribution < -0.4 is 4.72 Å². The van der Waals surface area contributed by atoms with Crippen LogP contribution in [0.25, 0.3) is 0 Å². The van der Waals surface area contributed by atoms with E-state index in [4.69, 9.17) is 0 Å². The molecule has 0 spiro atoms. The first kappa shape index (κ1) is 16.5. The van der Waals surface area contributed by atoms with E-state index in [1.54, 1.807) is 0 Å². The van der Waals surface area contributed by atoms with Crippen molar-refractivity contribution in [3.05, 3.63) is 24.1 Å². The van der Waals surface area contributed by atoms with Gasteiger partial charge >= 0.3 is 5.97 Å². The van der Waals surface area contributed by atoms with Gasteiger partial charge in [-0.25, -0.2) is 17.8 Å². The molecule has 0 aliphatic carbocycles. The molecule has 0 bridgehead atoms.